The number of benzene rings is 1. The number of rotatable bonds is 6. The summed E-state index contributed by atoms with van der Waals surface area (Å²) in [5, 5.41) is 6.29. The van der Waals surface area contributed by atoms with Gasteiger partial charge >= 0.3 is 0 Å². The Morgan fingerprint density at radius 3 is 2.74 bits per heavy atom. The lowest BCUT2D eigenvalue weighted by Crippen LogP contribution is -2.11. The number of aromatic nitrogens is 1. The molecule has 1 N–H and O–H groups in total. The number of halogens is 1. The predicted octanol–water partition coefficient (Wildman–Crippen LogP) is 5.02. The molecule has 0 bridgehead atoms. The standard InChI is InChI=1S/C17H15ClN2OS2/c18-13-5-3-12(4-6-13)10-15-11-19-17(23-15)20-16(21)8-7-14-2-1-9-22-14/h1-6,9,11H,7-8,10H2,(H,19,20,21). The van der Waals surface area contributed by atoms with Crippen LogP contribution in [0, 0.1) is 0 Å². The van der Waals surface area contributed by atoms with Gasteiger partial charge in [0.05, 0.1) is 0 Å². The van der Waals surface area contributed by atoms with Crippen molar-refractivity contribution in [1.82, 2.24) is 4.98 Å². The molecule has 2 heterocycles. The van der Waals surface area contributed by atoms with E-state index in [4.69, 9.17) is 11.6 Å². The number of thiophene rings is 1. The van der Waals surface area contributed by atoms with E-state index in [1.807, 2.05) is 48.0 Å². The number of thiazole rings is 1. The Kier molecular flexibility index (Phi) is 5.43. The quantitative estimate of drug-likeness (QED) is 0.668. The van der Waals surface area contributed by atoms with Crippen LogP contribution in [-0.2, 0) is 17.6 Å². The van der Waals surface area contributed by atoms with Crippen LogP contribution in [0.15, 0.2) is 48.0 Å². The molecule has 0 saturated heterocycles. The van der Waals surface area contributed by atoms with E-state index in [1.54, 1.807) is 11.3 Å². The minimum atomic E-state index is 0.00536. The molecule has 0 aliphatic carbocycles. The number of hydrogen-bond acceptors (Lipinski definition) is 4. The van der Waals surface area contributed by atoms with Crippen LogP contribution in [0.3, 0.4) is 0 Å². The van der Waals surface area contributed by atoms with Crippen molar-refractivity contribution in [3.63, 3.8) is 0 Å². The van der Waals surface area contributed by atoms with Gasteiger partial charge in [0.1, 0.15) is 0 Å². The Balaban J connectivity index is 1.52. The van der Waals surface area contributed by atoms with Crippen molar-refractivity contribution in [3.8, 4) is 0 Å². The highest BCUT2D eigenvalue weighted by Crippen LogP contribution is 2.22. The molecule has 0 aliphatic rings. The molecular weight excluding hydrogens is 348 g/mol. The summed E-state index contributed by atoms with van der Waals surface area (Å²) in [7, 11) is 0. The molecule has 0 aliphatic heterocycles. The number of nitrogens with one attached hydrogen (secondary N) is 1. The van der Waals surface area contributed by atoms with Crippen molar-refractivity contribution in [2.45, 2.75) is 19.3 Å². The molecule has 3 nitrogen and oxygen atoms in total. The van der Waals surface area contributed by atoms with Crippen molar-refractivity contribution < 1.29 is 4.79 Å². The molecule has 118 valence electrons. The predicted molar refractivity (Wildman–Crippen MR) is 97.6 cm³/mol. The number of aryl methyl sites for hydroxylation is 1. The Bertz CT molecular complexity index is 766. The van der Waals surface area contributed by atoms with Crippen LogP contribution in [0.2, 0.25) is 5.02 Å². The van der Waals surface area contributed by atoms with Gasteiger partial charge in [-0.1, -0.05) is 29.8 Å². The lowest BCUT2D eigenvalue weighted by Gasteiger charge is -2.00. The highest BCUT2D eigenvalue weighted by Gasteiger charge is 2.08. The summed E-state index contributed by atoms with van der Waals surface area (Å²) in [5.74, 6) is 0.00536. The third-order valence-electron chi connectivity index (χ3n) is 3.27. The molecule has 0 unspecified atom stereocenters. The van der Waals surface area contributed by atoms with Gasteiger partial charge in [0.2, 0.25) is 5.91 Å². The molecule has 0 radical (unpaired) electrons. The molecule has 0 spiro atoms. The van der Waals surface area contributed by atoms with Gasteiger partial charge in [0.25, 0.3) is 0 Å². The maximum absolute atomic E-state index is 12.0. The Labute approximate surface area is 148 Å². The fraction of sp³-hybridized carbons (Fsp3) is 0.176. The molecule has 0 fully saturated rings. The zero-order valence-electron chi connectivity index (χ0n) is 12.3. The second-order valence-electron chi connectivity index (χ2n) is 5.06. The maximum Gasteiger partial charge on any atom is 0.226 e. The van der Waals surface area contributed by atoms with Crippen molar-refractivity contribution >= 4 is 45.3 Å². The van der Waals surface area contributed by atoms with Gasteiger partial charge in [-0.15, -0.1) is 22.7 Å². The number of nitrogens with zero attached hydrogens (tertiary/aromatic N) is 1. The van der Waals surface area contributed by atoms with Gasteiger partial charge in [-0.25, -0.2) is 4.98 Å². The fourth-order valence-corrected chi connectivity index (χ4v) is 3.82. The topological polar surface area (TPSA) is 42.0 Å². The summed E-state index contributed by atoms with van der Waals surface area (Å²) in [6, 6.07) is 11.8. The normalized spacial score (nSPS) is 10.7. The second kappa shape index (κ2) is 7.73. The van der Waals surface area contributed by atoms with Gasteiger partial charge in [-0.3, -0.25) is 4.79 Å². The number of hydrogen-bond donors (Lipinski definition) is 1. The lowest BCUT2D eigenvalue weighted by atomic mass is 10.1. The fourth-order valence-electron chi connectivity index (χ4n) is 2.12. The third kappa shape index (κ3) is 4.89. The van der Waals surface area contributed by atoms with E-state index in [2.05, 4.69) is 10.3 Å². The maximum atomic E-state index is 12.0. The van der Waals surface area contributed by atoms with Crippen LogP contribution < -0.4 is 5.32 Å². The molecule has 1 aromatic carbocycles. The molecule has 2 aromatic heterocycles. The van der Waals surface area contributed by atoms with Crippen LogP contribution in [0.5, 0.6) is 0 Å². The van der Waals surface area contributed by atoms with Gasteiger partial charge < -0.3 is 5.32 Å². The zero-order valence-corrected chi connectivity index (χ0v) is 14.7. The first-order valence-corrected chi connectivity index (χ1v) is 9.28. The molecule has 0 saturated carbocycles. The zero-order chi connectivity index (χ0) is 16.1. The monoisotopic (exact) mass is 362 g/mol. The smallest absolute Gasteiger partial charge is 0.226 e. The van der Waals surface area contributed by atoms with E-state index in [1.165, 1.54) is 21.8 Å². The summed E-state index contributed by atoms with van der Waals surface area (Å²) in [6.07, 6.45) is 3.85. The molecule has 6 heteroatoms. The van der Waals surface area contributed by atoms with Crippen molar-refractivity contribution in [1.29, 1.82) is 0 Å². The summed E-state index contributed by atoms with van der Waals surface area (Å²) in [4.78, 5) is 18.6. The molecule has 0 atom stereocenters. The molecule has 23 heavy (non-hydrogen) atoms. The van der Waals surface area contributed by atoms with Crippen LogP contribution in [0.25, 0.3) is 0 Å². The number of anilines is 1. The SMILES string of the molecule is O=C(CCc1cccs1)Nc1ncc(Cc2ccc(Cl)cc2)s1. The van der Waals surface area contributed by atoms with Crippen LogP contribution in [0.4, 0.5) is 5.13 Å². The highest BCUT2D eigenvalue weighted by atomic mass is 35.5. The minimum Gasteiger partial charge on any atom is -0.302 e. The number of carbonyl (C=O) groups is 1. The average Bonchev–Trinajstić information content (AvgIpc) is 3.20. The van der Waals surface area contributed by atoms with Crippen molar-refractivity contribution in [2.75, 3.05) is 5.32 Å². The first-order chi connectivity index (χ1) is 11.2. The number of amides is 1. The summed E-state index contributed by atoms with van der Waals surface area (Å²) in [5.41, 5.74) is 1.17. The largest absolute Gasteiger partial charge is 0.302 e. The van der Waals surface area contributed by atoms with E-state index in [0.29, 0.717) is 11.6 Å². The van der Waals surface area contributed by atoms with Crippen LogP contribution in [-0.4, -0.2) is 10.9 Å². The Morgan fingerprint density at radius 1 is 1.17 bits per heavy atom. The summed E-state index contributed by atoms with van der Waals surface area (Å²) < 4.78 is 0. The molecule has 3 aromatic rings. The lowest BCUT2D eigenvalue weighted by molar-refractivity contribution is -0.116. The van der Waals surface area contributed by atoms with E-state index in [9.17, 15) is 4.79 Å². The third-order valence-corrected chi connectivity index (χ3v) is 5.37. The summed E-state index contributed by atoms with van der Waals surface area (Å²) in [6.45, 7) is 0. The first kappa shape index (κ1) is 16.2. The molecular formula is C17H15ClN2OS2. The highest BCUT2D eigenvalue weighted by molar-refractivity contribution is 7.15. The summed E-state index contributed by atoms with van der Waals surface area (Å²) >= 11 is 9.07. The van der Waals surface area contributed by atoms with Gasteiger partial charge in [-0.2, -0.15) is 0 Å². The van der Waals surface area contributed by atoms with Crippen LogP contribution in [0.1, 0.15) is 21.7 Å². The first-order valence-electron chi connectivity index (χ1n) is 7.20. The van der Waals surface area contributed by atoms with Crippen LogP contribution >= 0.6 is 34.3 Å². The van der Waals surface area contributed by atoms with Gasteiger partial charge in [0, 0.05) is 33.8 Å². The minimum absolute atomic E-state index is 0.00536. The molecule has 3 rings (SSSR count). The number of carbonyl (C=O) groups excluding carboxylic acids is 1. The average molecular weight is 363 g/mol. The van der Waals surface area contributed by atoms with E-state index in [0.717, 1.165) is 22.7 Å². The van der Waals surface area contributed by atoms with E-state index < -0.39 is 0 Å². The Morgan fingerprint density at radius 2 is 2.00 bits per heavy atom. The van der Waals surface area contributed by atoms with Crippen molar-refractivity contribution in [3.05, 3.63) is 68.3 Å². The second-order valence-corrected chi connectivity index (χ2v) is 7.65. The van der Waals surface area contributed by atoms with E-state index >= 15 is 0 Å². The molecule has 1 amide bonds. The van der Waals surface area contributed by atoms with Gasteiger partial charge in [-0.05, 0) is 35.6 Å². The van der Waals surface area contributed by atoms with Gasteiger partial charge in [0.15, 0.2) is 5.13 Å². The Hall–Kier alpha value is -1.69. The van der Waals surface area contributed by atoms with E-state index in [-0.39, 0.29) is 5.91 Å². The van der Waals surface area contributed by atoms with Crippen molar-refractivity contribution in [2.24, 2.45) is 0 Å².